The van der Waals surface area contributed by atoms with Crippen molar-refractivity contribution in [2.24, 2.45) is 0 Å². The number of benzene rings is 9. The second-order valence-corrected chi connectivity index (χ2v) is 12.5. The Morgan fingerprint density at radius 3 is 1.61 bits per heavy atom. The SMILES string of the molecule is [2H]c1c([2H])c([2H])c2c(ccc3c4cccc(-c5cccc(-c6c7ccccc7c(-c7ccc(-c8ccccc8)cc7)c7ccccc67)c5)c4oc32)c1[2H]. The van der Waals surface area contributed by atoms with Crippen molar-refractivity contribution in [3.63, 3.8) is 0 Å². The van der Waals surface area contributed by atoms with Gasteiger partial charge in [0.1, 0.15) is 11.2 Å². The Labute approximate surface area is 289 Å². The van der Waals surface area contributed by atoms with E-state index in [2.05, 4.69) is 127 Å². The molecule has 0 radical (unpaired) electrons. The van der Waals surface area contributed by atoms with Crippen LogP contribution in [0.4, 0.5) is 0 Å². The molecular formula is C48H30O. The first kappa shape index (κ1) is 23.8. The van der Waals surface area contributed by atoms with Crippen LogP contribution in [-0.4, -0.2) is 0 Å². The minimum atomic E-state index is -0.266. The summed E-state index contributed by atoms with van der Waals surface area (Å²) < 4.78 is 40.4. The molecule has 49 heavy (non-hydrogen) atoms. The molecule has 10 aromatic rings. The molecule has 0 aliphatic carbocycles. The lowest BCUT2D eigenvalue weighted by Crippen LogP contribution is -1.91. The third kappa shape index (κ3) is 4.40. The Bertz CT molecular complexity index is 3030. The molecule has 1 nitrogen and oxygen atoms in total. The third-order valence-electron chi connectivity index (χ3n) is 9.79. The van der Waals surface area contributed by atoms with Crippen LogP contribution < -0.4 is 0 Å². The van der Waals surface area contributed by atoms with E-state index in [1.54, 1.807) is 6.07 Å². The van der Waals surface area contributed by atoms with Crippen LogP contribution in [-0.2, 0) is 0 Å². The number of hydrogen-bond donors (Lipinski definition) is 0. The van der Waals surface area contributed by atoms with Crippen molar-refractivity contribution < 1.29 is 9.90 Å². The van der Waals surface area contributed by atoms with Crippen molar-refractivity contribution in [3.05, 3.63) is 182 Å². The Kier molecular flexibility index (Phi) is 5.38. The van der Waals surface area contributed by atoms with Crippen LogP contribution in [0.2, 0.25) is 0 Å². The normalized spacial score (nSPS) is 12.8. The minimum absolute atomic E-state index is 0.0639. The molecule has 228 valence electrons. The van der Waals surface area contributed by atoms with Crippen molar-refractivity contribution in [3.8, 4) is 44.5 Å². The number of para-hydroxylation sites is 1. The van der Waals surface area contributed by atoms with E-state index in [9.17, 15) is 0 Å². The van der Waals surface area contributed by atoms with Gasteiger partial charge in [0, 0.05) is 21.7 Å². The average molecular weight is 627 g/mol. The van der Waals surface area contributed by atoms with Crippen molar-refractivity contribution in [1.82, 2.24) is 0 Å². The lowest BCUT2D eigenvalue weighted by Gasteiger charge is -2.18. The molecule has 0 unspecified atom stereocenters. The lowest BCUT2D eigenvalue weighted by atomic mass is 9.85. The second kappa shape index (κ2) is 11.1. The summed E-state index contributed by atoms with van der Waals surface area (Å²) in [6.45, 7) is 0. The molecule has 10 rings (SSSR count). The van der Waals surface area contributed by atoms with Gasteiger partial charge >= 0.3 is 0 Å². The summed E-state index contributed by atoms with van der Waals surface area (Å²) in [6.07, 6.45) is 0. The molecule has 0 fully saturated rings. The highest BCUT2D eigenvalue weighted by Gasteiger charge is 2.18. The summed E-state index contributed by atoms with van der Waals surface area (Å²) in [4.78, 5) is 0. The van der Waals surface area contributed by atoms with Gasteiger partial charge in [-0.1, -0.05) is 170 Å². The summed E-state index contributed by atoms with van der Waals surface area (Å²) in [7, 11) is 0. The van der Waals surface area contributed by atoms with Gasteiger partial charge in [0.05, 0.1) is 5.48 Å². The van der Waals surface area contributed by atoms with E-state index in [1.807, 2.05) is 24.3 Å². The van der Waals surface area contributed by atoms with Crippen molar-refractivity contribution in [2.45, 2.75) is 0 Å². The molecule has 0 bridgehead atoms. The van der Waals surface area contributed by atoms with E-state index >= 15 is 0 Å². The highest BCUT2D eigenvalue weighted by Crippen LogP contribution is 2.45. The van der Waals surface area contributed by atoms with Gasteiger partial charge in [-0.05, 0) is 78.0 Å². The first-order valence-electron chi connectivity index (χ1n) is 18.5. The van der Waals surface area contributed by atoms with Crippen LogP contribution >= 0.6 is 0 Å². The van der Waals surface area contributed by atoms with E-state index < -0.39 is 0 Å². The zero-order valence-corrected chi connectivity index (χ0v) is 26.4. The zero-order chi connectivity index (χ0) is 35.8. The molecule has 1 aromatic heterocycles. The van der Waals surface area contributed by atoms with Crippen molar-refractivity contribution in [2.75, 3.05) is 0 Å². The highest BCUT2D eigenvalue weighted by atomic mass is 16.3. The average Bonchev–Trinajstić information content (AvgIpc) is 3.60. The Hall–Kier alpha value is -6.44. The van der Waals surface area contributed by atoms with Crippen molar-refractivity contribution >= 4 is 54.3 Å². The molecule has 0 spiro atoms. The van der Waals surface area contributed by atoms with Crippen LogP contribution in [0.15, 0.2) is 186 Å². The van der Waals surface area contributed by atoms with E-state index in [4.69, 9.17) is 9.90 Å². The molecular weight excluding hydrogens is 593 g/mol. The lowest BCUT2D eigenvalue weighted by molar-refractivity contribution is 0.674. The molecule has 0 aliphatic heterocycles. The van der Waals surface area contributed by atoms with Crippen molar-refractivity contribution in [1.29, 1.82) is 0 Å². The Morgan fingerprint density at radius 2 is 0.878 bits per heavy atom. The Morgan fingerprint density at radius 1 is 0.347 bits per heavy atom. The molecule has 0 atom stereocenters. The van der Waals surface area contributed by atoms with Gasteiger partial charge in [-0.25, -0.2) is 0 Å². The molecule has 0 N–H and O–H groups in total. The summed E-state index contributed by atoms with van der Waals surface area (Å²) >= 11 is 0. The molecule has 1 heteroatoms. The molecule has 9 aromatic carbocycles. The van der Waals surface area contributed by atoms with E-state index in [0.717, 1.165) is 27.5 Å². The van der Waals surface area contributed by atoms with Gasteiger partial charge in [0.2, 0.25) is 0 Å². The molecule has 1 heterocycles. The van der Waals surface area contributed by atoms with Gasteiger partial charge < -0.3 is 4.42 Å². The molecule has 0 aliphatic rings. The predicted molar refractivity (Wildman–Crippen MR) is 208 cm³/mol. The fourth-order valence-electron chi connectivity index (χ4n) is 7.56. The summed E-state index contributed by atoms with van der Waals surface area (Å²) in [5.41, 5.74) is 10.1. The second-order valence-electron chi connectivity index (χ2n) is 12.5. The topological polar surface area (TPSA) is 13.1 Å². The monoisotopic (exact) mass is 626 g/mol. The Balaban J connectivity index is 1.17. The van der Waals surface area contributed by atoms with Gasteiger partial charge in [-0.15, -0.1) is 0 Å². The minimum Gasteiger partial charge on any atom is -0.455 e. The number of fused-ring (bicyclic) bond motifs is 7. The third-order valence-corrected chi connectivity index (χ3v) is 9.79. The fourth-order valence-corrected chi connectivity index (χ4v) is 7.56. The first-order valence-corrected chi connectivity index (χ1v) is 16.5. The summed E-state index contributed by atoms with van der Waals surface area (Å²) in [5.74, 6) is 0. The van der Waals surface area contributed by atoms with Crippen LogP contribution in [0.5, 0.6) is 0 Å². The number of rotatable bonds is 4. The summed E-state index contributed by atoms with van der Waals surface area (Å²) in [5, 5.41) is 7.29. The quantitative estimate of drug-likeness (QED) is 0.177. The molecule has 0 amide bonds. The van der Waals surface area contributed by atoms with Gasteiger partial charge in [0.25, 0.3) is 0 Å². The van der Waals surface area contributed by atoms with E-state index in [0.29, 0.717) is 21.9 Å². The maximum atomic E-state index is 8.72. The highest BCUT2D eigenvalue weighted by molar-refractivity contribution is 6.22. The van der Waals surface area contributed by atoms with E-state index in [1.165, 1.54) is 49.4 Å². The smallest absolute Gasteiger partial charge is 0.143 e. The van der Waals surface area contributed by atoms with Gasteiger partial charge in [-0.2, -0.15) is 0 Å². The van der Waals surface area contributed by atoms with Gasteiger partial charge in [0.15, 0.2) is 0 Å². The number of furan rings is 1. The maximum Gasteiger partial charge on any atom is 0.143 e. The maximum absolute atomic E-state index is 8.72. The van der Waals surface area contributed by atoms with Crippen LogP contribution in [0.25, 0.3) is 98.8 Å². The van der Waals surface area contributed by atoms with Gasteiger partial charge in [-0.3, -0.25) is 0 Å². The fraction of sp³-hybridized carbons (Fsp3) is 0. The van der Waals surface area contributed by atoms with Crippen LogP contribution in [0, 0.1) is 0 Å². The van der Waals surface area contributed by atoms with E-state index in [-0.39, 0.29) is 24.2 Å². The zero-order valence-electron chi connectivity index (χ0n) is 30.4. The predicted octanol–water partition coefficient (Wildman–Crippen LogP) is 13.7. The largest absolute Gasteiger partial charge is 0.455 e. The standard InChI is InChI=1S/C48H30O/c1-2-12-31(13-3-1)32-24-26-34(27-25-32)45-39-18-6-8-20-41(39)46(42-21-9-7-19-40(42)45)36-16-10-15-35(30-36)38-22-11-23-43-44-29-28-33-14-4-5-17-37(33)47(44)49-48(38)43/h1-30H/i4D,5D,14D,17D. The number of hydrogen-bond acceptors (Lipinski definition) is 1. The van der Waals surface area contributed by atoms with Crippen LogP contribution in [0.3, 0.4) is 0 Å². The molecule has 0 saturated carbocycles. The van der Waals surface area contributed by atoms with Crippen LogP contribution in [0.1, 0.15) is 5.48 Å². The molecule has 0 saturated heterocycles. The summed E-state index contributed by atoms with van der Waals surface area (Å²) in [6, 6.07) is 54.4. The first-order chi connectivity index (χ1) is 26.0.